The van der Waals surface area contributed by atoms with Crippen molar-refractivity contribution in [2.45, 2.75) is 38.2 Å². The molecule has 78 valence electrons. The second-order valence-corrected chi connectivity index (χ2v) is 4.87. The molecule has 1 aliphatic rings. The van der Waals surface area contributed by atoms with Gasteiger partial charge in [0, 0.05) is 11.4 Å². The number of alkyl halides is 1. The Bertz CT molecular complexity index is 296. The zero-order chi connectivity index (χ0) is 9.97. The molecule has 0 N–H and O–H groups in total. The minimum atomic E-state index is 0.534. The van der Waals surface area contributed by atoms with E-state index in [0.717, 1.165) is 24.8 Å². The topological polar surface area (TPSA) is 16.1 Å². The molecule has 1 saturated carbocycles. The molecule has 1 aliphatic carbocycles. The van der Waals surface area contributed by atoms with E-state index in [4.69, 9.17) is 11.6 Å². The minimum absolute atomic E-state index is 0.534. The van der Waals surface area contributed by atoms with Gasteiger partial charge in [0.2, 0.25) is 0 Å². The van der Waals surface area contributed by atoms with Crippen LogP contribution in [0.3, 0.4) is 0 Å². The van der Waals surface area contributed by atoms with Gasteiger partial charge < -0.3 is 0 Å². The molecule has 2 nitrogen and oxygen atoms in total. The van der Waals surface area contributed by atoms with Gasteiger partial charge in [-0.05, 0) is 19.4 Å². The smallest absolute Gasteiger partial charge is 0.107 e. The highest BCUT2D eigenvalue weighted by Crippen LogP contribution is 2.28. The molecule has 0 radical (unpaired) electrons. The van der Waals surface area contributed by atoms with Crippen LogP contribution in [0.15, 0.2) is 5.38 Å². The molecule has 2 rings (SSSR count). The van der Waals surface area contributed by atoms with E-state index in [1.807, 2.05) is 0 Å². The number of thiazole rings is 1. The third kappa shape index (κ3) is 2.47. The van der Waals surface area contributed by atoms with Crippen LogP contribution in [0, 0.1) is 0 Å². The van der Waals surface area contributed by atoms with Gasteiger partial charge in [0.25, 0.3) is 0 Å². The summed E-state index contributed by atoms with van der Waals surface area (Å²) in [6, 6.07) is 0.823. The summed E-state index contributed by atoms with van der Waals surface area (Å²) in [7, 11) is 0. The van der Waals surface area contributed by atoms with Crippen molar-refractivity contribution in [3.63, 3.8) is 0 Å². The van der Waals surface area contributed by atoms with Gasteiger partial charge in [-0.15, -0.1) is 22.9 Å². The van der Waals surface area contributed by atoms with Crippen molar-refractivity contribution in [2.75, 3.05) is 6.54 Å². The van der Waals surface area contributed by atoms with Gasteiger partial charge >= 0.3 is 0 Å². The predicted octanol–water partition coefficient (Wildman–Crippen LogP) is 2.87. The molecular formula is C10H15ClN2S. The lowest BCUT2D eigenvalue weighted by atomic mass is 10.4. The largest absolute Gasteiger partial charge is 0.294 e. The molecule has 0 saturated heterocycles. The molecule has 0 atom stereocenters. The maximum atomic E-state index is 5.72. The van der Waals surface area contributed by atoms with E-state index in [2.05, 4.69) is 22.2 Å². The standard InChI is InChI=1S/C10H15ClN2S/c1-2-13(9-3-4-9)6-10-12-8(5-11)7-14-10/h7,9H,2-6H2,1H3. The first-order valence-corrected chi connectivity index (χ1v) is 6.48. The Hall–Kier alpha value is -0.120. The fraction of sp³-hybridized carbons (Fsp3) is 0.700. The first-order valence-electron chi connectivity index (χ1n) is 5.06. The fourth-order valence-corrected chi connectivity index (χ4v) is 2.64. The number of nitrogens with zero attached hydrogens (tertiary/aromatic N) is 2. The van der Waals surface area contributed by atoms with Crippen molar-refractivity contribution in [1.29, 1.82) is 0 Å². The number of hydrogen-bond donors (Lipinski definition) is 0. The van der Waals surface area contributed by atoms with Gasteiger partial charge in [0.1, 0.15) is 5.01 Å². The Balaban J connectivity index is 1.94. The fourth-order valence-electron chi connectivity index (χ4n) is 1.60. The molecule has 4 heteroatoms. The number of aromatic nitrogens is 1. The molecule has 0 amide bonds. The molecule has 1 heterocycles. The zero-order valence-electron chi connectivity index (χ0n) is 8.37. The summed E-state index contributed by atoms with van der Waals surface area (Å²) in [5.74, 6) is 0.534. The molecule has 1 aromatic rings. The lowest BCUT2D eigenvalue weighted by Crippen LogP contribution is -2.24. The van der Waals surface area contributed by atoms with Crippen molar-refractivity contribution >= 4 is 22.9 Å². The Kier molecular flexibility index (Phi) is 3.42. The van der Waals surface area contributed by atoms with Crippen LogP contribution in [0.1, 0.15) is 30.5 Å². The molecule has 1 fully saturated rings. The van der Waals surface area contributed by atoms with Gasteiger partial charge in [-0.25, -0.2) is 4.98 Å². The van der Waals surface area contributed by atoms with Crippen LogP contribution in [0.2, 0.25) is 0 Å². The quantitative estimate of drug-likeness (QED) is 0.724. The first kappa shape index (κ1) is 10.4. The molecule has 0 spiro atoms. The summed E-state index contributed by atoms with van der Waals surface area (Å²) >= 11 is 7.44. The lowest BCUT2D eigenvalue weighted by Gasteiger charge is -2.17. The second-order valence-electron chi connectivity index (χ2n) is 3.66. The highest BCUT2D eigenvalue weighted by atomic mass is 35.5. The van der Waals surface area contributed by atoms with Crippen LogP contribution in [0.5, 0.6) is 0 Å². The molecular weight excluding hydrogens is 216 g/mol. The normalized spacial score (nSPS) is 16.5. The third-order valence-electron chi connectivity index (χ3n) is 2.54. The third-order valence-corrected chi connectivity index (χ3v) is 3.70. The average Bonchev–Trinajstić information content (AvgIpc) is 2.95. The lowest BCUT2D eigenvalue weighted by molar-refractivity contribution is 0.269. The van der Waals surface area contributed by atoms with E-state index in [1.54, 1.807) is 11.3 Å². The Labute approximate surface area is 93.9 Å². The van der Waals surface area contributed by atoms with Crippen LogP contribution in [0.25, 0.3) is 0 Å². The maximum Gasteiger partial charge on any atom is 0.107 e. The zero-order valence-corrected chi connectivity index (χ0v) is 9.94. The summed E-state index contributed by atoms with van der Waals surface area (Å²) in [5.41, 5.74) is 1.01. The van der Waals surface area contributed by atoms with E-state index in [1.165, 1.54) is 17.8 Å². The summed E-state index contributed by atoms with van der Waals surface area (Å²) in [6.45, 7) is 4.34. The Morgan fingerprint density at radius 2 is 2.43 bits per heavy atom. The summed E-state index contributed by atoms with van der Waals surface area (Å²) in [6.07, 6.45) is 2.73. The molecule has 1 aromatic heterocycles. The highest BCUT2D eigenvalue weighted by Gasteiger charge is 2.28. The van der Waals surface area contributed by atoms with E-state index in [0.29, 0.717) is 5.88 Å². The summed E-state index contributed by atoms with van der Waals surface area (Å²) < 4.78 is 0. The van der Waals surface area contributed by atoms with Crippen molar-refractivity contribution in [3.05, 3.63) is 16.1 Å². The van der Waals surface area contributed by atoms with Crippen LogP contribution < -0.4 is 0 Å². The summed E-state index contributed by atoms with van der Waals surface area (Å²) in [4.78, 5) is 6.97. The van der Waals surface area contributed by atoms with Crippen LogP contribution in [-0.2, 0) is 12.4 Å². The van der Waals surface area contributed by atoms with Gasteiger partial charge in [-0.2, -0.15) is 0 Å². The van der Waals surface area contributed by atoms with Gasteiger partial charge in [-0.1, -0.05) is 6.92 Å². The SMILES string of the molecule is CCN(Cc1nc(CCl)cs1)C1CC1. The van der Waals surface area contributed by atoms with Crippen LogP contribution in [-0.4, -0.2) is 22.5 Å². The van der Waals surface area contributed by atoms with E-state index < -0.39 is 0 Å². The highest BCUT2D eigenvalue weighted by molar-refractivity contribution is 7.09. The van der Waals surface area contributed by atoms with Gasteiger partial charge in [0.05, 0.1) is 18.1 Å². The number of halogens is 1. The second kappa shape index (κ2) is 4.60. The Morgan fingerprint density at radius 3 is 2.93 bits per heavy atom. The van der Waals surface area contributed by atoms with Crippen molar-refractivity contribution < 1.29 is 0 Å². The van der Waals surface area contributed by atoms with Crippen molar-refractivity contribution in [2.24, 2.45) is 0 Å². The van der Waals surface area contributed by atoms with Crippen LogP contribution >= 0.6 is 22.9 Å². The number of rotatable bonds is 5. The maximum absolute atomic E-state index is 5.72. The first-order chi connectivity index (χ1) is 6.83. The van der Waals surface area contributed by atoms with E-state index >= 15 is 0 Å². The monoisotopic (exact) mass is 230 g/mol. The molecule has 0 bridgehead atoms. The van der Waals surface area contributed by atoms with Gasteiger partial charge in [-0.3, -0.25) is 4.90 Å². The van der Waals surface area contributed by atoms with E-state index in [9.17, 15) is 0 Å². The number of hydrogen-bond acceptors (Lipinski definition) is 3. The molecule has 14 heavy (non-hydrogen) atoms. The Morgan fingerprint density at radius 1 is 1.64 bits per heavy atom. The van der Waals surface area contributed by atoms with E-state index in [-0.39, 0.29) is 0 Å². The predicted molar refractivity (Wildman–Crippen MR) is 60.8 cm³/mol. The van der Waals surface area contributed by atoms with Crippen LogP contribution in [0.4, 0.5) is 0 Å². The van der Waals surface area contributed by atoms with Crippen molar-refractivity contribution in [1.82, 2.24) is 9.88 Å². The average molecular weight is 231 g/mol. The van der Waals surface area contributed by atoms with Gasteiger partial charge in [0.15, 0.2) is 0 Å². The summed E-state index contributed by atoms with van der Waals surface area (Å²) in [5, 5.41) is 3.26. The molecule has 0 unspecified atom stereocenters. The van der Waals surface area contributed by atoms with Crippen molar-refractivity contribution in [3.8, 4) is 0 Å². The minimum Gasteiger partial charge on any atom is -0.294 e. The molecule has 0 aliphatic heterocycles. The molecule has 0 aromatic carbocycles.